The number of para-hydroxylation sites is 1. The normalized spacial score (nSPS) is 14.9. The van der Waals surface area contributed by atoms with E-state index in [0.29, 0.717) is 19.1 Å². The van der Waals surface area contributed by atoms with Gasteiger partial charge in [0.1, 0.15) is 17.2 Å². The van der Waals surface area contributed by atoms with E-state index < -0.39 is 0 Å². The minimum Gasteiger partial charge on any atom is -0.495 e. The van der Waals surface area contributed by atoms with E-state index in [-0.39, 0.29) is 6.04 Å². The molecule has 0 radical (unpaired) electrons. The molecule has 2 aliphatic heterocycles. The predicted molar refractivity (Wildman–Crippen MR) is 156 cm³/mol. The Morgan fingerprint density at radius 3 is 2.65 bits per heavy atom. The third kappa shape index (κ3) is 5.27. The van der Waals surface area contributed by atoms with Gasteiger partial charge in [-0.25, -0.2) is 4.98 Å². The number of hydrogen-bond donors (Lipinski definition) is 1. The van der Waals surface area contributed by atoms with Crippen molar-refractivity contribution < 1.29 is 18.9 Å². The van der Waals surface area contributed by atoms with Crippen LogP contribution in [-0.4, -0.2) is 50.5 Å². The summed E-state index contributed by atoms with van der Waals surface area (Å²) in [6.07, 6.45) is 5.29. The van der Waals surface area contributed by atoms with E-state index in [4.69, 9.17) is 23.9 Å². The Balaban J connectivity index is 1.27. The molecule has 1 N–H and O–H groups in total. The molecule has 4 aromatic rings. The summed E-state index contributed by atoms with van der Waals surface area (Å²) in [4.78, 5) is 11.4. The van der Waals surface area contributed by atoms with Gasteiger partial charge < -0.3 is 29.2 Å². The highest BCUT2D eigenvalue weighted by Gasteiger charge is 2.23. The summed E-state index contributed by atoms with van der Waals surface area (Å²) in [6, 6.07) is 18.8. The van der Waals surface area contributed by atoms with Crippen molar-refractivity contribution in [2.75, 3.05) is 50.7 Å². The molecule has 0 amide bonds. The van der Waals surface area contributed by atoms with Gasteiger partial charge in [-0.1, -0.05) is 19.1 Å². The largest absolute Gasteiger partial charge is 0.495 e. The summed E-state index contributed by atoms with van der Waals surface area (Å²) in [5, 5.41) is 3.67. The van der Waals surface area contributed by atoms with Crippen LogP contribution >= 0.6 is 0 Å². The summed E-state index contributed by atoms with van der Waals surface area (Å²) in [5.41, 5.74) is 7.26. The molecule has 0 bridgehead atoms. The van der Waals surface area contributed by atoms with Gasteiger partial charge in [-0.15, -0.1) is 0 Å². The van der Waals surface area contributed by atoms with Crippen molar-refractivity contribution in [2.45, 2.75) is 25.8 Å². The summed E-state index contributed by atoms with van der Waals surface area (Å²) >= 11 is 0. The second-order valence-electron chi connectivity index (χ2n) is 10.0. The quantitative estimate of drug-likeness (QED) is 0.248. The summed E-state index contributed by atoms with van der Waals surface area (Å²) < 4.78 is 23.1. The van der Waals surface area contributed by atoms with Crippen LogP contribution in [0.5, 0.6) is 23.1 Å². The predicted octanol–water partition coefficient (Wildman–Crippen LogP) is 6.26. The molecule has 40 heavy (non-hydrogen) atoms. The number of rotatable bonds is 8. The number of hydrogen-bond acceptors (Lipinski definition) is 8. The molecule has 2 aliphatic rings. The van der Waals surface area contributed by atoms with Crippen LogP contribution in [0.2, 0.25) is 0 Å². The number of fused-ring (bicyclic) bond motifs is 2. The third-order valence-corrected chi connectivity index (χ3v) is 7.52. The molecular formula is C32H34N4O4. The molecule has 6 rings (SSSR count). The maximum absolute atomic E-state index is 6.55. The van der Waals surface area contributed by atoms with Crippen molar-refractivity contribution >= 4 is 11.4 Å². The van der Waals surface area contributed by atoms with Crippen molar-refractivity contribution in [2.24, 2.45) is 0 Å². The van der Waals surface area contributed by atoms with E-state index in [2.05, 4.69) is 58.5 Å². The monoisotopic (exact) mass is 538 g/mol. The first-order valence-corrected chi connectivity index (χ1v) is 13.7. The Morgan fingerprint density at radius 2 is 1.85 bits per heavy atom. The van der Waals surface area contributed by atoms with E-state index in [1.165, 1.54) is 0 Å². The van der Waals surface area contributed by atoms with Gasteiger partial charge in [-0.2, -0.15) is 0 Å². The molecule has 4 heterocycles. The van der Waals surface area contributed by atoms with E-state index >= 15 is 0 Å². The molecule has 1 fully saturated rings. The highest BCUT2D eigenvalue weighted by atomic mass is 16.5. The maximum Gasteiger partial charge on any atom is 0.215 e. The molecule has 8 heteroatoms. The molecule has 1 unspecified atom stereocenters. The number of ether oxygens (including phenoxy) is 4. The lowest BCUT2D eigenvalue weighted by atomic mass is 9.96. The SMILES string of the molecule is CCC(Nc1ccc2c(c1)Cc1cccc(-c3cc(N4CCOCC4)cc(OC)n3)c1O2)c1cncc(OC)c1. The second kappa shape index (κ2) is 11.4. The smallest absolute Gasteiger partial charge is 0.215 e. The number of methoxy groups -OCH3 is 2. The first-order valence-electron chi connectivity index (χ1n) is 13.7. The minimum absolute atomic E-state index is 0.115. The third-order valence-electron chi connectivity index (χ3n) is 7.52. The second-order valence-corrected chi connectivity index (χ2v) is 10.0. The van der Waals surface area contributed by atoms with Gasteiger partial charge >= 0.3 is 0 Å². The van der Waals surface area contributed by atoms with E-state index in [0.717, 1.165) is 82.5 Å². The van der Waals surface area contributed by atoms with Gasteiger partial charge in [0.15, 0.2) is 0 Å². The van der Waals surface area contributed by atoms with Crippen LogP contribution in [0.15, 0.2) is 67.0 Å². The van der Waals surface area contributed by atoms with Crippen LogP contribution < -0.4 is 24.4 Å². The zero-order valence-corrected chi connectivity index (χ0v) is 23.1. The Bertz CT molecular complexity index is 1500. The fourth-order valence-corrected chi connectivity index (χ4v) is 5.37. The van der Waals surface area contributed by atoms with Gasteiger partial charge in [-0.05, 0) is 48.4 Å². The van der Waals surface area contributed by atoms with Crippen molar-refractivity contribution in [3.63, 3.8) is 0 Å². The zero-order valence-electron chi connectivity index (χ0n) is 23.1. The average Bonchev–Trinajstić information content (AvgIpc) is 3.02. The molecule has 8 nitrogen and oxygen atoms in total. The summed E-state index contributed by atoms with van der Waals surface area (Å²) in [5.74, 6) is 3.04. The standard InChI is InChI=1S/C32H34N4O4/c1-4-28(23-16-26(37-2)20-33-19-23)34-24-8-9-30-22(15-24)14-21-6-5-7-27(32(21)40-30)29-17-25(18-31(35-29)38-3)36-10-12-39-13-11-36/h5-9,15-20,28,34H,4,10-14H2,1-3H3. The molecule has 1 atom stereocenters. The van der Waals surface area contributed by atoms with Crippen LogP contribution in [-0.2, 0) is 11.2 Å². The van der Waals surface area contributed by atoms with Crippen molar-refractivity contribution in [1.29, 1.82) is 0 Å². The molecule has 0 saturated carbocycles. The van der Waals surface area contributed by atoms with Crippen LogP contribution in [0.1, 0.15) is 36.1 Å². The van der Waals surface area contributed by atoms with Crippen molar-refractivity contribution in [3.8, 4) is 34.4 Å². The van der Waals surface area contributed by atoms with E-state index in [1.807, 2.05) is 24.4 Å². The fourth-order valence-electron chi connectivity index (χ4n) is 5.37. The Labute approximate surface area is 234 Å². The number of anilines is 2. The number of nitrogens with zero attached hydrogens (tertiary/aromatic N) is 3. The van der Waals surface area contributed by atoms with Gasteiger partial charge in [-0.3, -0.25) is 4.98 Å². The van der Waals surface area contributed by atoms with Crippen molar-refractivity contribution in [1.82, 2.24) is 9.97 Å². The first kappa shape index (κ1) is 26.0. The number of pyridine rings is 2. The topological polar surface area (TPSA) is 78.0 Å². The Morgan fingerprint density at radius 1 is 0.975 bits per heavy atom. The number of benzene rings is 2. The molecule has 0 spiro atoms. The van der Waals surface area contributed by atoms with Crippen LogP contribution in [0.4, 0.5) is 11.4 Å². The lowest BCUT2D eigenvalue weighted by Crippen LogP contribution is -2.36. The summed E-state index contributed by atoms with van der Waals surface area (Å²) in [7, 11) is 3.32. The van der Waals surface area contributed by atoms with Gasteiger partial charge in [0.25, 0.3) is 0 Å². The highest BCUT2D eigenvalue weighted by molar-refractivity contribution is 5.75. The number of morpholine rings is 1. The van der Waals surface area contributed by atoms with Crippen LogP contribution in [0, 0.1) is 0 Å². The lowest BCUT2D eigenvalue weighted by Gasteiger charge is -2.29. The van der Waals surface area contributed by atoms with Crippen LogP contribution in [0.3, 0.4) is 0 Å². The molecule has 0 aliphatic carbocycles. The van der Waals surface area contributed by atoms with E-state index in [1.54, 1.807) is 20.4 Å². The molecule has 1 saturated heterocycles. The highest BCUT2D eigenvalue weighted by Crippen LogP contribution is 2.44. The van der Waals surface area contributed by atoms with Gasteiger partial charge in [0.05, 0.1) is 45.4 Å². The minimum atomic E-state index is 0.115. The first-order chi connectivity index (χ1) is 19.6. The molecule has 2 aromatic heterocycles. The fraction of sp³-hybridized carbons (Fsp3) is 0.312. The number of aromatic nitrogens is 2. The zero-order chi connectivity index (χ0) is 27.5. The van der Waals surface area contributed by atoms with Gasteiger partial charge in [0, 0.05) is 59.8 Å². The summed E-state index contributed by atoms with van der Waals surface area (Å²) in [6.45, 7) is 5.27. The molecule has 206 valence electrons. The van der Waals surface area contributed by atoms with Crippen LogP contribution in [0.25, 0.3) is 11.3 Å². The maximum atomic E-state index is 6.55. The van der Waals surface area contributed by atoms with Gasteiger partial charge in [0.2, 0.25) is 5.88 Å². The lowest BCUT2D eigenvalue weighted by molar-refractivity contribution is 0.122. The number of nitrogens with one attached hydrogen (secondary N) is 1. The molecule has 2 aromatic carbocycles. The average molecular weight is 539 g/mol. The Kier molecular flexibility index (Phi) is 7.42. The molecular weight excluding hydrogens is 504 g/mol. The van der Waals surface area contributed by atoms with Crippen molar-refractivity contribution in [3.05, 3.63) is 83.7 Å². The Hall–Kier alpha value is -4.30. The van der Waals surface area contributed by atoms with E-state index in [9.17, 15) is 0 Å².